The standard InChI is InChI=1S/C13H17N3S/c1-9-8-17-13(15-9)11(3)16-10(2)12-5-4-6-14-7-12/h4-8,10-11,16H,1-3H3. The molecule has 17 heavy (non-hydrogen) atoms. The first-order valence-electron chi connectivity index (χ1n) is 5.75. The number of rotatable bonds is 4. The van der Waals surface area contributed by atoms with Crippen LogP contribution in [-0.2, 0) is 0 Å². The molecule has 0 aliphatic rings. The lowest BCUT2D eigenvalue weighted by atomic mass is 10.1. The van der Waals surface area contributed by atoms with E-state index < -0.39 is 0 Å². The predicted octanol–water partition coefficient (Wildman–Crippen LogP) is 3.26. The fourth-order valence-corrected chi connectivity index (χ4v) is 2.56. The van der Waals surface area contributed by atoms with E-state index in [-0.39, 0.29) is 12.1 Å². The van der Waals surface area contributed by atoms with Gasteiger partial charge in [0.25, 0.3) is 0 Å². The average molecular weight is 247 g/mol. The highest BCUT2D eigenvalue weighted by atomic mass is 32.1. The summed E-state index contributed by atoms with van der Waals surface area (Å²) < 4.78 is 0. The highest BCUT2D eigenvalue weighted by Gasteiger charge is 2.13. The lowest BCUT2D eigenvalue weighted by Gasteiger charge is -2.18. The van der Waals surface area contributed by atoms with Crippen molar-refractivity contribution in [2.45, 2.75) is 32.9 Å². The molecule has 2 aromatic heterocycles. The van der Waals surface area contributed by atoms with Gasteiger partial charge in [-0.3, -0.25) is 4.98 Å². The van der Waals surface area contributed by atoms with Crippen molar-refractivity contribution in [3.63, 3.8) is 0 Å². The third kappa shape index (κ3) is 3.11. The molecule has 0 spiro atoms. The van der Waals surface area contributed by atoms with Crippen LogP contribution in [0.15, 0.2) is 29.9 Å². The monoisotopic (exact) mass is 247 g/mol. The molecule has 3 nitrogen and oxygen atoms in total. The van der Waals surface area contributed by atoms with Crippen molar-refractivity contribution >= 4 is 11.3 Å². The van der Waals surface area contributed by atoms with Gasteiger partial charge >= 0.3 is 0 Å². The first-order chi connectivity index (χ1) is 8.16. The van der Waals surface area contributed by atoms with Crippen LogP contribution in [0.2, 0.25) is 0 Å². The number of aromatic nitrogens is 2. The normalized spacial score (nSPS) is 14.5. The maximum absolute atomic E-state index is 4.50. The Bertz CT molecular complexity index is 467. The molecule has 4 heteroatoms. The maximum atomic E-state index is 4.50. The lowest BCUT2D eigenvalue weighted by Crippen LogP contribution is -2.22. The summed E-state index contributed by atoms with van der Waals surface area (Å²) in [6.07, 6.45) is 3.70. The second-order valence-electron chi connectivity index (χ2n) is 4.22. The van der Waals surface area contributed by atoms with E-state index in [9.17, 15) is 0 Å². The van der Waals surface area contributed by atoms with E-state index in [4.69, 9.17) is 0 Å². The Balaban J connectivity index is 2.02. The Kier molecular flexibility index (Phi) is 3.86. The molecule has 0 saturated carbocycles. The van der Waals surface area contributed by atoms with Crippen LogP contribution in [0.5, 0.6) is 0 Å². The minimum absolute atomic E-state index is 0.268. The number of nitrogens with zero attached hydrogens (tertiary/aromatic N) is 2. The van der Waals surface area contributed by atoms with Gasteiger partial charge in [-0.15, -0.1) is 11.3 Å². The molecule has 90 valence electrons. The van der Waals surface area contributed by atoms with Gasteiger partial charge in [-0.05, 0) is 32.4 Å². The van der Waals surface area contributed by atoms with E-state index in [2.05, 4.69) is 40.6 Å². The SMILES string of the molecule is Cc1csc(C(C)NC(C)c2cccnc2)n1. The summed E-state index contributed by atoms with van der Waals surface area (Å²) in [5.41, 5.74) is 2.29. The summed E-state index contributed by atoms with van der Waals surface area (Å²) in [5, 5.41) is 6.76. The van der Waals surface area contributed by atoms with Gasteiger partial charge in [0.15, 0.2) is 0 Å². The van der Waals surface area contributed by atoms with Crippen molar-refractivity contribution in [1.29, 1.82) is 0 Å². The number of aryl methyl sites for hydroxylation is 1. The highest BCUT2D eigenvalue weighted by molar-refractivity contribution is 7.09. The summed E-state index contributed by atoms with van der Waals surface area (Å²) in [4.78, 5) is 8.63. The zero-order valence-electron chi connectivity index (χ0n) is 10.3. The summed E-state index contributed by atoms with van der Waals surface area (Å²) in [5.74, 6) is 0. The van der Waals surface area contributed by atoms with Gasteiger partial charge in [-0.25, -0.2) is 4.98 Å². The summed E-state index contributed by atoms with van der Waals surface area (Å²) in [7, 11) is 0. The molecular formula is C13H17N3S. The van der Waals surface area contributed by atoms with Crippen LogP contribution in [-0.4, -0.2) is 9.97 Å². The fourth-order valence-electron chi connectivity index (χ4n) is 1.75. The van der Waals surface area contributed by atoms with E-state index in [0.717, 1.165) is 10.7 Å². The second kappa shape index (κ2) is 5.38. The van der Waals surface area contributed by atoms with Gasteiger partial charge in [-0.2, -0.15) is 0 Å². The van der Waals surface area contributed by atoms with Crippen LogP contribution >= 0.6 is 11.3 Å². The van der Waals surface area contributed by atoms with Crippen molar-refractivity contribution in [2.24, 2.45) is 0 Å². The van der Waals surface area contributed by atoms with Crippen molar-refractivity contribution in [3.8, 4) is 0 Å². The Morgan fingerprint density at radius 2 is 2.12 bits per heavy atom. The molecule has 0 radical (unpaired) electrons. The van der Waals surface area contributed by atoms with Crippen LogP contribution in [0.4, 0.5) is 0 Å². The molecule has 2 heterocycles. The smallest absolute Gasteiger partial charge is 0.110 e. The zero-order chi connectivity index (χ0) is 12.3. The minimum atomic E-state index is 0.268. The van der Waals surface area contributed by atoms with Crippen molar-refractivity contribution < 1.29 is 0 Å². The molecule has 1 N–H and O–H groups in total. The molecule has 0 amide bonds. The third-order valence-electron chi connectivity index (χ3n) is 2.69. The summed E-state index contributed by atoms with van der Waals surface area (Å²) in [6.45, 7) is 6.32. The number of nitrogens with one attached hydrogen (secondary N) is 1. The molecule has 0 fully saturated rings. The summed E-state index contributed by atoms with van der Waals surface area (Å²) >= 11 is 1.71. The second-order valence-corrected chi connectivity index (χ2v) is 5.11. The Morgan fingerprint density at radius 1 is 1.29 bits per heavy atom. The molecule has 2 atom stereocenters. The Hall–Kier alpha value is -1.26. The number of hydrogen-bond acceptors (Lipinski definition) is 4. The van der Waals surface area contributed by atoms with E-state index in [1.807, 2.05) is 19.2 Å². The van der Waals surface area contributed by atoms with Crippen molar-refractivity contribution in [3.05, 3.63) is 46.2 Å². The third-order valence-corrected chi connectivity index (χ3v) is 3.84. The lowest BCUT2D eigenvalue weighted by molar-refractivity contribution is 0.492. The van der Waals surface area contributed by atoms with E-state index in [0.29, 0.717) is 0 Å². The summed E-state index contributed by atoms with van der Waals surface area (Å²) in [6, 6.07) is 4.60. The highest BCUT2D eigenvalue weighted by Crippen LogP contribution is 2.21. The van der Waals surface area contributed by atoms with Crippen LogP contribution < -0.4 is 5.32 Å². The molecule has 2 unspecified atom stereocenters. The molecule has 0 aliphatic heterocycles. The van der Waals surface area contributed by atoms with Gasteiger partial charge in [0, 0.05) is 29.5 Å². The molecule has 0 saturated heterocycles. The molecule has 0 aliphatic carbocycles. The first-order valence-corrected chi connectivity index (χ1v) is 6.63. The molecular weight excluding hydrogens is 230 g/mol. The molecule has 2 aromatic rings. The van der Waals surface area contributed by atoms with Gasteiger partial charge < -0.3 is 5.32 Å². The van der Waals surface area contributed by atoms with Crippen LogP contribution in [0.25, 0.3) is 0 Å². The van der Waals surface area contributed by atoms with Gasteiger partial charge in [0.1, 0.15) is 5.01 Å². The topological polar surface area (TPSA) is 37.8 Å². The van der Waals surface area contributed by atoms with E-state index in [1.54, 1.807) is 17.5 Å². The van der Waals surface area contributed by atoms with E-state index in [1.165, 1.54) is 5.56 Å². The average Bonchev–Trinajstić information content (AvgIpc) is 2.77. The number of pyridine rings is 1. The van der Waals surface area contributed by atoms with E-state index >= 15 is 0 Å². The zero-order valence-corrected chi connectivity index (χ0v) is 11.2. The number of hydrogen-bond donors (Lipinski definition) is 1. The quantitative estimate of drug-likeness (QED) is 0.901. The van der Waals surface area contributed by atoms with Crippen LogP contribution in [0, 0.1) is 6.92 Å². The van der Waals surface area contributed by atoms with Crippen molar-refractivity contribution in [1.82, 2.24) is 15.3 Å². The van der Waals surface area contributed by atoms with Gasteiger partial charge in [-0.1, -0.05) is 6.07 Å². The fraction of sp³-hybridized carbons (Fsp3) is 0.385. The predicted molar refractivity (Wildman–Crippen MR) is 71.1 cm³/mol. The molecule has 0 aromatic carbocycles. The maximum Gasteiger partial charge on any atom is 0.110 e. The van der Waals surface area contributed by atoms with Gasteiger partial charge in [0.2, 0.25) is 0 Å². The Morgan fingerprint density at radius 3 is 2.71 bits per heavy atom. The first kappa shape index (κ1) is 12.2. The van der Waals surface area contributed by atoms with Crippen LogP contribution in [0.3, 0.4) is 0 Å². The Labute approximate surface area is 106 Å². The molecule has 2 rings (SSSR count). The van der Waals surface area contributed by atoms with Crippen molar-refractivity contribution in [2.75, 3.05) is 0 Å². The largest absolute Gasteiger partial charge is 0.301 e. The van der Waals surface area contributed by atoms with Gasteiger partial charge in [0.05, 0.1) is 6.04 Å². The minimum Gasteiger partial charge on any atom is -0.301 e. The van der Waals surface area contributed by atoms with Crippen LogP contribution in [0.1, 0.15) is 42.2 Å². The number of thiazole rings is 1. The molecule has 0 bridgehead atoms.